The number of likely N-dealkylation sites (tertiary alicyclic amines) is 1. The van der Waals surface area contributed by atoms with Crippen LogP contribution in [0.25, 0.3) is 0 Å². The lowest BCUT2D eigenvalue weighted by Crippen LogP contribution is -2.40. The Kier molecular flexibility index (Phi) is 5.05. The third-order valence-electron chi connectivity index (χ3n) is 5.79. The molecule has 1 heterocycles. The van der Waals surface area contributed by atoms with Crippen LogP contribution in [0.15, 0.2) is 30.3 Å². The topological polar surface area (TPSA) is 46.3 Å². The Labute approximate surface area is 140 Å². The van der Waals surface area contributed by atoms with Gasteiger partial charge in [-0.05, 0) is 49.5 Å². The molecule has 1 saturated carbocycles. The van der Waals surface area contributed by atoms with Crippen LogP contribution in [0.1, 0.15) is 51.0 Å². The molecule has 3 atom stereocenters. The molecule has 1 aromatic rings. The van der Waals surface area contributed by atoms with Gasteiger partial charge in [0.25, 0.3) is 0 Å². The highest BCUT2D eigenvalue weighted by Gasteiger charge is 2.38. The number of amides is 1. The van der Waals surface area contributed by atoms with Crippen molar-refractivity contribution in [1.82, 2.24) is 4.90 Å². The molecule has 1 amide bonds. The predicted octanol–water partition coefficient (Wildman–Crippen LogP) is 3.38. The molecule has 1 saturated heterocycles. The molecule has 126 valence electrons. The lowest BCUT2D eigenvalue weighted by Gasteiger charge is -2.30. The maximum Gasteiger partial charge on any atom is 0.225 e. The van der Waals surface area contributed by atoms with Crippen LogP contribution in [0, 0.1) is 11.3 Å². The maximum absolute atomic E-state index is 12.8. The number of nitrogens with zero attached hydrogens (tertiary/aromatic N) is 1. The first kappa shape index (κ1) is 16.5. The van der Waals surface area contributed by atoms with Crippen LogP contribution in [-0.4, -0.2) is 29.9 Å². The zero-order valence-electron chi connectivity index (χ0n) is 14.3. The van der Waals surface area contributed by atoms with Crippen LogP contribution < -0.4 is 5.73 Å². The molecule has 0 aromatic heterocycles. The minimum absolute atomic E-state index is 0.176. The quantitative estimate of drug-likeness (QED) is 0.926. The van der Waals surface area contributed by atoms with Gasteiger partial charge in [0.15, 0.2) is 0 Å². The first-order chi connectivity index (χ1) is 11.1. The largest absolute Gasteiger partial charge is 0.342 e. The fourth-order valence-corrected chi connectivity index (χ4v) is 4.22. The Hall–Kier alpha value is -1.35. The molecule has 2 N–H and O–H groups in total. The lowest BCUT2D eigenvalue weighted by atomic mass is 9.83. The fraction of sp³-hybridized carbons (Fsp3) is 0.650. The molecule has 2 fully saturated rings. The second-order valence-corrected chi connectivity index (χ2v) is 7.93. The number of aryl methyl sites for hydroxylation is 1. The monoisotopic (exact) mass is 314 g/mol. The second kappa shape index (κ2) is 7.04. The van der Waals surface area contributed by atoms with Crippen molar-refractivity contribution in [2.45, 2.75) is 57.9 Å². The summed E-state index contributed by atoms with van der Waals surface area (Å²) in [4.78, 5) is 14.9. The van der Waals surface area contributed by atoms with E-state index in [0.29, 0.717) is 5.91 Å². The maximum atomic E-state index is 12.8. The fourth-order valence-electron chi connectivity index (χ4n) is 4.22. The van der Waals surface area contributed by atoms with Gasteiger partial charge < -0.3 is 10.6 Å². The number of nitrogens with two attached hydrogens (primary N) is 1. The number of hydrogen-bond acceptors (Lipinski definition) is 2. The van der Waals surface area contributed by atoms with Crippen LogP contribution in [0.3, 0.4) is 0 Å². The van der Waals surface area contributed by atoms with Crippen molar-refractivity contribution in [3.8, 4) is 0 Å². The van der Waals surface area contributed by atoms with Gasteiger partial charge in [-0.2, -0.15) is 0 Å². The van der Waals surface area contributed by atoms with E-state index in [2.05, 4.69) is 42.2 Å². The van der Waals surface area contributed by atoms with E-state index < -0.39 is 0 Å². The molecule has 0 spiro atoms. The number of benzene rings is 1. The first-order valence-electron chi connectivity index (χ1n) is 9.14. The minimum Gasteiger partial charge on any atom is -0.342 e. The van der Waals surface area contributed by atoms with E-state index in [1.807, 2.05) is 0 Å². The van der Waals surface area contributed by atoms with Gasteiger partial charge in [0.05, 0.1) is 0 Å². The van der Waals surface area contributed by atoms with Crippen molar-refractivity contribution in [3.05, 3.63) is 35.9 Å². The van der Waals surface area contributed by atoms with Crippen LogP contribution in [-0.2, 0) is 11.2 Å². The molecule has 23 heavy (non-hydrogen) atoms. The highest BCUT2D eigenvalue weighted by Crippen LogP contribution is 2.36. The van der Waals surface area contributed by atoms with E-state index in [9.17, 15) is 4.79 Å². The highest BCUT2D eigenvalue weighted by molar-refractivity contribution is 5.79. The molecular weight excluding hydrogens is 284 g/mol. The molecule has 3 heteroatoms. The summed E-state index contributed by atoms with van der Waals surface area (Å²) in [5, 5.41) is 0. The number of rotatable bonds is 4. The summed E-state index contributed by atoms with van der Waals surface area (Å²) in [6.07, 6.45) is 7.50. The summed E-state index contributed by atoms with van der Waals surface area (Å²) in [7, 11) is 0. The Morgan fingerprint density at radius 1 is 1.30 bits per heavy atom. The zero-order valence-corrected chi connectivity index (χ0v) is 14.3. The van der Waals surface area contributed by atoms with Crippen LogP contribution in [0.5, 0.6) is 0 Å². The van der Waals surface area contributed by atoms with Crippen molar-refractivity contribution < 1.29 is 4.79 Å². The average Bonchev–Trinajstić information content (AvgIpc) is 2.96. The molecule has 0 radical (unpaired) electrons. The molecule has 3 nitrogen and oxygen atoms in total. The van der Waals surface area contributed by atoms with E-state index in [1.54, 1.807) is 0 Å². The SMILES string of the molecule is CC1(CCc2ccccc2)CCN(C(=O)C2CCCC(N)C2)C1. The molecule has 0 bridgehead atoms. The van der Waals surface area contributed by atoms with Gasteiger partial charge in [0, 0.05) is 25.0 Å². The van der Waals surface area contributed by atoms with Crippen molar-refractivity contribution in [3.63, 3.8) is 0 Å². The lowest BCUT2D eigenvalue weighted by molar-refractivity contribution is -0.136. The number of hydrogen-bond donors (Lipinski definition) is 1. The van der Waals surface area contributed by atoms with Gasteiger partial charge in [-0.15, -0.1) is 0 Å². The van der Waals surface area contributed by atoms with Crippen LogP contribution in [0.2, 0.25) is 0 Å². The minimum atomic E-state index is 0.176. The van der Waals surface area contributed by atoms with E-state index >= 15 is 0 Å². The van der Waals surface area contributed by atoms with Gasteiger partial charge in [-0.25, -0.2) is 0 Å². The smallest absolute Gasteiger partial charge is 0.225 e. The van der Waals surface area contributed by atoms with Crippen molar-refractivity contribution in [1.29, 1.82) is 0 Å². The van der Waals surface area contributed by atoms with Crippen molar-refractivity contribution in [2.75, 3.05) is 13.1 Å². The zero-order chi connectivity index (χ0) is 16.3. The molecule has 3 unspecified atom stereocenters. The normalized spacial score (nSPS) is 31.3. The summed E-state index contributed by atoms with van der Waals surface area (Å²) in [6.45, 7) is 4.19. The Bertz CT molecular complexity index is 530. The van der Waals surface area contributed by atoms with Gasteiger partial charge in [0.1, 0.15) is 0 Å². The Morgan fingerprint density at radius 2 is 2.09 bits per heavy atom. The second-order valence-electron chi connectivity index (χ2n) is 7.93. The van der Waals surface area contributed by atoms with E-state index in [1.165, 1.54) is 5.56 Å². The Morgan fingerprint density at radius 3 is 2.83 bits per heavy atom. The van der Waals surface area contributed by atoms with E-state index in [0.717, 1.165) is 58.0 Å². The molecule has 1 aliphatic carbocycles. The van der Waals surface area contributed by atoms with Gasteiger partial charge >= 0.3 is 0 Å². The van der Waals surface area contributed by atoms with Gasteiger partial charge in [0.2, 0.25) is 5.91 Å². The van der Waals surface area contributed by atoms with Crippen molar-refractivity contribution >= 4 is 5.91 Å². The Balaban J connectivity index is 1.53. The highest BCUT2D eigenvalue weighted by atomic mass is 16.2. The average molecular weight is 314 g/mol. The van der Waals surface area contributed by atoms with Crippen molar-refractivity contribution in [2.24, 2.45) is 17.1 Å². The van der Waals surface area contributed by atoms with Gasteiger partial charge in [-0.1, -0.05) is 43.7 Å². The summed E-state index contributed by atoms with van der Waals surface area (Å²) in [6, 6.07) is 10.9. The summed E-state index contributed by atoms with van der Waals surface area (Å²) in [5.41, 5.74) is 7.72. The van der Waals surface area contributed by atoms with Gasteiger partial charge in [-0.3, -0.25) is 4.79 Å². The molecule has 3 rings (SSSR count). The number of carbonyl (C=O) groups is 1. The van der Waals surface area contributed by atoms with Crippen LogP contribution in [0.4, 0.5) is 0 Å². The molecular formula is C20H30N2O. The molecule has 1 aromatic carbocycles. The molecule has 2 aliphatic rings. The number of carbonyl (C=O) groups excluding carboxylic acids is 1. The standard InChI is InChI=1S/C20H30N2O/c1-20(11-10-16-6-3-2-4-7-16)12-13-22(15-20)19(23)17-8-5-9-18(21)14-17/h2-4,6-7,17-18H,5,8-15,21H2,1H3. The summed E-state index contributed by atoms with van der Waals surface area (Å²) in [5.74, 6) is 0.541. The third kappa shape index (κ3) is 4.14. The van der Waals surface area contributed by atoms with Crippen LogP contribution >= 0.6 is 0 Å². The first-order valence-corrected chi connectivity index (χ1v) is 9.14. The third-order valence-corrected chi connectivity index (χ3v) is 5.79. The summed E-state index contributed by atoms with van der Waals surface area (Å²) >= 11 is 0. The van der Waals surface area contributed by atoms with E-state index in [-0.39, 0.29) is 17.4 Å². The molecule has 1 aliphatic heterocycles. The van der Waals surface area contributed by atoms with E-state index in [4.69, 9.17) is 5.73 Å². The predicted molar refractivity (Wildman–Crippen MR) is 94.0 cm³/mol. The summed E-state index contributed by atoms with van der Waals surface area (Å²) < 4.78 is 0.